The van der Waals surface area contributed by atoms with Crippen LogP contribution in [0.1, 0.15) is 58.3 Å². The second-order valence-electron chi connectivity index (χ2n) is 5.17. The van der Waals surface area contributed by atoms with E-state index in [9.17, 15) is 4.79 Å². The minimum atomic E-state index is -0.0885. The van der Waals surface area contributed by atoms with Crippen molar-refractivity contribution in [3.63, 3.8) is 0 Å². The molecule has 0 bridgehead atoms. The topological polar surface area (TPSA) is 38.3 Å². The van der Waals surface area contributed by atoms with Crippen LogP contribution in [-0.4, -0.2) is 25.7 Å². The van der Waals surface area contributed by atoms with E-state index in [1.54, 1.807) is 0 Å². The number of esters is 1. The average molecular weight is 241 g/mol. The molecular formula is C14H27NO2. The van der Waals surface area contributed by atoms with Crippen LogP contribution in [0.25, 0.3) is 0 Å². The third kappa shape index (κ3) is 6.06. The summed E-state index contributed by atoms with van der Waals surface area (Å²) >= 11 is 0. The monoisotopic (exact) mass is 241 g/mol. The number of carbonyl (C=O) groups excluding carboxylic acids is 1. The fourth-order valence-corrected chi connectivity index (χ4v) is 2.70. The molecule has 0 heterocycles. The van der Waals surface area contributed by atoms with Crippen LogP contribution in [-0.2, 0) is 9.53 Å². The Morgan fingerprint density at radius 1 is 1.35 bits per heavy atom. The molecule has 100 valence electrons. The maximum absolute atomic E-state index is 11.4. The number of hydrogen-bond donors (Lipinski definition) is 1. The molecular weight excluding hydrogens is 214 g/mol. The lowest BCUT2D eigenvalue weighted by atomic mass is 9.84. The molecule has 0 aliphatic heterocycles. The molecule has 17 heavy (non-hydrogen) atoms. The summed E-state index contributed by atoms with van der Waals surface area (Å²) in [6, 6.07) is 0.311. The van der Waals surface area contributed by atoms with Gasteiger partial charge in [0.25, 0.3) is 0 Å². The van der Waals surface area contributed by atoms with Crippen molar-refractivity contribution in [2.24, 2.45) is 5.92 Å². The average Bonchev–Trinajstić information content (AvgIpc) is 2.37. The molecule has 1 saturated carbocycles. The van der Waals surface area contributed by atoms with Crippen molar-refractivity contribution < 1.29 is 9.53 Å². The SMILES string of the molecule is CCCNC(CC(=O)OC)CC1CCCCC1. The summed E-state index contributed by atoms with van der Waals surface area (Å²) in [5, 5.41) is 3.48. The maximum Gasteiger partial charge on any atom is 0.307 e. The smallest absolute Gasteiger partial charge is 0.307 e. The zero-order chi connectivity index (χ0) is 12.5. The number of rotatable bonds is 7. The summed E-state index contributed by atoms with van der Waals surface area (Å²) in [6.07, 6.45) is 9.56. The van der Waals surface area contributed by atoms with Crippen LogP contribution in [0.3, 0.4) is 0 Å². The molecule has 0 aromatic carbocycles. The predicted octanol–water partition coefficient (Wildman–Crippen LogP) is 2.89. The molecule has 1 aliphatic carbocycles. The van der Waals surface area contributed by atoms with Crippen LogP contribution < -0.4 is 5.32 Å². The molecule has 1 atom stereocenters. The molecule has 0 radical (unpaired) electrons. The maximum atomic E-state index is 11.4. The molecule has 1 fully saturated rings. The minimum Gasteiger partial charge on any atom is -0.469 e. The predicted molar refractivity (Wildman–Crippen MR) is 69.9 cm³/mol. The van der Waals surface area contributed by atoms with E-state index in [0.717, 1.165) is 25.3 Å². The lowest BCUT2D eigenvalue weighted by Gasteiger charge is -2.26. The number of nitrogens with one attached hydrogen (secondary N) is 1. The van der Waals surface area contributed by atoms with Crippen LogP contribution in [0.15, 0.2) is 0 Å². The van der Waals surface area contributed by atoms with E-state index in [1.165, 1.54) is 39.2 Å². The van der Waals surface area contributed by atoms with Gasteiger partial charge in [-0.05, 0) is 25.3 Å². The third-order valence-corrected chi connectivity index (χ3v) is 3.67. The van der Waals surface area contributed by atoms with Gasteiger partial charge in [0.2, 0.25) is 0 Å². The van der Waals surface area contributed by atoms with Crippen LogP contribution in [0.2, 0.25) is 0 Å². The molecule has 3 heteroatoms. The van der Waals surface area contributed by atoms with Gasteiger partial charge in [-0.3, -0.25) is 4.79 Å². The first kappa shape index (κ1) is 14.5. The first-order chi connectivity index (χ1) is 8.26. The van der Waals surface area contributed by atoms with Gasteiger partial charge in [-0.1, -0.05) is 39.0 Å². The van der Waals surface area contributed by atoms with Crippen molar-refractivity contribution in [2.75, 3.05) is 13.7 Å². The zero-order valence-corrected chi connectivity index (χ0v) is 11.3. The first-order valence-corrected chi connectivity index (χ1v) is 7.06. The third-order valence-electron chi connectivity index (χ3n) is 3.67. The van der Waals surface area contributed by atoms with Crippen LogP contribution >= 0.6 is 0 Å². The van der Waals surface area contributed by atoms with Gasteiger partial charge in [0, 0.05) is 6.04 Å². The van der Waals surface area contributed by atoms with Crippen LogP contribution in [0.5, 0.6) is 0 Å². The lowest BCUT2D eigenvalue weighted by molar-refractivity contribution is -0.141. The van der Waals surface area contributed by atoms with Crippen molar-refractivity contribution in [1.29, 1.82) is 0 Å². The Hall–Kier alpha value is -0.570. The summed E-state index contributed by atoms with van der Waals surface area (Å²) in [7, 11) is 1.47. The van der Waals surface area contributed by atoms with Crippen LogP contribution in [0.4, 0.5) is 0 Å². The summed E-state index contributed by atoms with van der Waals surface area (Å²) in [5.41, 5.74) is 0. The van der Waals surface area contributed by atoms with Crippen molar-refractivity contribution in [2.45, 2.75) is 64.3 Å². The molecule has 0 spiro atoms. The molecule has 1 N–H and O–H groups in total. The number of hydrogen-bond acceptors (Lipinski definition) is 3. The Balaban J connectivity index is 2.34. The van der Waals surface area contributed by atoms with E-state index in [0.29, 0.717) is 12.5 Å². The second kappa shape index (κ2) is 8.51. The van der Waals surface area contributed by atoms with Gasteiger partial charge in [0.15, 0.2) is 0 Å². The highest BCUT2D eigenvalue weighted by Crippen LogP contribution is 2.28. The Labute approximate surface area is 105 Å². The van der Waals surface area contributed by atoms with Crippen molar-refractivity contribution >= 4 is 5.97 Å². The quantitative estimate of drug-likeness (QED) is 0.697. The molecule has 0 amide bonds. The van der Waals surface area contributed by atoms with Gasteiger partial charge in [-0.15, -0.1) is 0 Å². The van der Waals surface area contributed by atoms with E-state index in [1.807, 2.05) is 0 Å². The largest absolute Gasteiger partial charge is 0.469 e. The molecule has 1 rings (SSSR count). The standard InChI is InChI=1S/C14H27NO2/c1-3-9-15-13(11-14(16)17-2)10-12-7-5-4-6-8-12/h12-13,15H,3-11H2,1-2H3. The van der Waals surface area contributed by atoms with E-state index in [4.69, 9.17) is 4.74 Å². The highest BCUT2D eigenvalue weighted by molar-refractivity contribution is 5.69. The lowest BCUT2D eigenvalue weighted by Crippen LogP contribution is -2.34. The molecule has 0 aromatic rings. The Morgan fingerprint density at radius 2 is 2.06 bits per heavy atom. The van der Waals surface area contributed by atoms with E-state index < -0.39 is 0 Å². The van der Waals surface area contributed by atoms with Gasteiger partial charge in [0.1, 0.15) is 0 Å². The van der Waals surface area contributed by atoms with Gasteiger partial charge in [-0.25, -0.2) is 0 Å². The summed E-state index contributed by atoms with van der Waals surface area (Å²) in [6.45, 7) is 3.15. The number of ether oxygens (including phenoxy) is 1. The van der Waals surface area contributed by atoms with Crippen molar-refractivity contribution in [1.82, 2.24) is 5.32 Å². The van der Waals surface area contributed by atoms with E-state index in [2.05, 4.69) is 12.2 Å². The molecule has 1 unspecified atom stereocenters. The Bertz CT molecular complexity index is 212. The Kier molecular flexibility index (Phi) is 7.25. The fourth-order valence-electron chi connectivity index (χ4n) is 2.70. The minimum absolute atomic E-state index is 0.0885. The van der Waals surface area contributed by atoms with Gasteiger partial charge in [-0.2, -0.15) is 0 Å². The summed E-state index contributed by atoms with van der Waals surface area (Å²) in [4.78, 5) is 11.4. The van der Waals surface area contributed by atoms with E-state index >= 15 is 0 Å². The molecule has 0 saturated heterocycles. The van der Waals surface area contributed by atoms with Gasteiger partial charge in [0.05, 0.1) is 13.5 Å². The summed E-state index contributed by atoms with van der Waals surface area (Å²) < 4.78 is 4.77. The summed E-state index contributed by atoms with van der Waals surface area (Å²) in [5.74, 6) is 0.720. The second-order valence-corrected chi connectivity index (χ2v) is 5.17. The van der Waals surface area contributed by atoms with Crippen LogP contribution in [0, 0.1) is 5.92 Å². The zero-order valence-electron chi connectivity index (χ0n) is 11.3. The number of methoxy groups -OCH3 is 1. The molecule has 1 aliphatic rings. The highest BCUT2D eigenvalue weighted by Gasteiger charge is 2.20. The number of carbonyl (C=O) groups is 1. The molecule has 3 nitrogen and oxygen atoms in total. The molecule has 0 aromatic heterocycles. The van der Waals surface area contributed by atoms with Crippen molar-refractivity contribution in [3.05, 3.63) is 0 Å². The normalized spacial score (nSPS) is 18.9. The van der Waals surface area contributed by atoms with Gasteiger partial charge >= 0.3 is 5.97 Å². The highest BCUT2D eigenvalue weighted by atomic mass is 16.5. The fraction of sp³-hybridized carbons (Fsp3) is 0.929. The Morgan fingerprint density at radius 3 is 2.65 bits per heavy atom. The first-order valence-electron chi connectivity index (χ1n) is 7.06. The van der Waals surface area contributed by atoms with E-state index in [-0.39, 0.29) is 5.97 Å². The van der Waals surface area contributed by atoms with Crippen molar-refractivity contribution in [3.8, 4) is 0 Å². The van der Waals surface area contributed by atoms with Gasteiger partial charge < -0.3 is 10.1 Å².